The summed E-state index contributed by atoms with van der Waals surface area (Å²) in [7, 11) is 5.46. The molecule has 5 nitrogen and oxygen atoms in total. The smallest absolute Gasteiger partial charge is 0.340 e. The SMILES string of the molecule is COC(=O)c1cc(NC(CC(C)C)CN(C)C)ccc1N. The van der Waals surface area contributed by atoms with E-state index in [9.17, 15) is 4.79 Å². The summed E-state index contributed by atoms with van der Waals surface area (Å²) in [6, 6.07) is 5.69. The Morgan fingerprint density at radius 1 is 1.38 bits per heavy atom. The van der Waals surface area contributed by atoms with Crippen molar-refractivity contribution in [3.05, 3.63) is 23.8 Å². The standard InChI is InChI=1S/C16H27N3O2/c1-11(2)8-13(10-19(3)4)18-12-6-7-15(17)14(9-12)16(20)21-5/h6-7,9,11,13,18H,8,10,17H2,1-5H3. The third-order valence-corrected chi connectivity index (χ3v) is 3.17. The molecule has 0 saturated carbocycles. The molecule has 1 unspecified atom stereocenters. The molecule has 0 aliphatic heterocycles. The Morgan fingerprint density at radius 2 is 2.05 bits per heavy atom. The Morgan fingerprint density at radius 3 is 2.57 bits per heavy atom. The van der Waals surface area contributed by atoms with E-state index in [1.165, 1.54) is 7.11 Å². The van der Waals surface area contributed by atoms with Gasteiger partial charge in [-0.05, 0) is 44.6 Å². The summed E-state index contributed by atoms with van der Waals surface area (Å²) in [5, 5.41) is 3.48. The highest BCUT2D eigenvalue weighted by molar-refractivity contribution is 5.96. The Hall–Kier alpha value is -1.75. The maximum absolute atomic E-state index is 11.7. The van der Waals surface area contributed by atoms with Crippen molar-refractivity contribution in [1.29, 1.82) is 0 Å². The van der Waals surface area contributed by atoms with Crippen molar-refractivity contribution in [1.82, 2.24) is 4.90 Å². The summed E-state index contributed by atoms with van der Waals surface area (Å²) >= 11 is 0. The number of carbonyl (C=O) groups excluding carboxylic acids is 1. The maximum Gasteiger partial charge on any atom is 0.340 e. The van der Waals surface area contributed by atoms with E-state index in [0.717, 1.165) is 18.7 Å². The molecule has 118 valence electrons. The molecule has 1 rings (SSSR count). The first-order valence-corrected chi connectivity index (χ1v) is 7.22. The van der Waals surface area contributed by atoms with Gasteiger partial charge in [0.25, 0.3) is 0 Å². The van der Waals surface area contributed by atoms with E-state index in [1.54, 1.807) is 12.1 Å². The zero-order chi connectivity index (χ0) is 16.0. The van der Waals surface area contributed by atoms with Crippen LogP contribution in [-0.4, -0.2) is 44.7 Å². The molecule has 0 amide bonds. The molecule has 3 N–H and O–H groups in total. The van der Waals surface area contributed by atoms with E-state index in [2.05, 4.69) is 38.2 Å². The zero-order valence-electron chi connectivity index (χ0n) is 13.6. The number of nitrogens with zero attached hydrogens (tertiary/aromatic N) is 1. The van der Waals surface area contributed by atoms with Crippen LogP contribution in [0.15, 0.2) is 18.2 Å². The zero-order valence-corrected chi connectivity index (χ0v) is 13.6. The minimum absolute atomic E-state index is 0.314. The molecule has 0 fully saturated rings. The highest BCUT2D eigenvalue weighted by Gasteiger charge is 2.15. The van der Waals surface area contributed by atoms with E-state index >= 15 is 0 Å². The number of carbonyl (C=O) groups is 1. The number of hydrogen-bond donors (Lipinski definition) is 2. The number of nitrogen functional groups attached to an aromatic ring is 1. The van der Waals surface area contributed by atoms with Crippen LogP contribution in [0.5, 0.6) is 0 Å². The number of likely N-dealkylation sites (N-methyl/N-ethyl adjacent to an activating group) is 1. The normalized spacial score (nSPS) is 12.5. The number of benzene rings is 1. The number of esters is 1. The molecular weight excluding hydrogens is 266 g/mol. The lowest BCUT2D eigenvalue weighted by atomic mass is 10.0. The van der Waals surface area contributed by atoms with Crippen LogP contribution in [0, 0.1) is 5.92 Å². The van der Waals surface area contributed by atoms with Gasteiger partial charge in [-0.3, -0.25) is 0 Å². The maximum atomic E-state index is 11.7. The lowest BCUT2D eigenvalue weighted by Crippen LogP contribution is -2.33. The highest BCUT2D eigenvalue weighted by Crippen LogP contribution is 2.21. The topological polar surface area (TPSA) is 67.6 Å². The second kappa shape index (κ2) is 7.88. The average molecular weight is 293 g/mol. The van der Waals surface area contributed by atoms with Crippen molar-refractivity contribution in [3.63, 3.8) is 0 Å². The average Bonchev–Trinajstić information content (AvgIpc) is 2.38. The number of ether oxygens (including phenoxy) is 1. The summed E-state index contributed by atoms with van der Waals surface area (Å²) < 4.78 is 4.75. The third kappa shape index (κ3) is 5.63. The quantitative estimate of drug-likeness (QED) is 0.597. The van der Waals surface area contributed by atoms with Crippen LogP contribution < -0.4 is 11.1 Å². The van der Waals surface area contributed by atoms with Gasteiger partial charge in [-0.2, -0.15) is 0 Å². The summed E-state index contributed by atoms with van der Waals surface area (Å²) in [6.07, 6.45) is 1.05. The molecule has 0 aliphatic rings. The summed E-state index contributed by atoms with van der Waals surface area (Å²) in [4.78, 5) is 13.8. The summed E-state index contributed by atoms with van der Waals surface area (Å²) in [6.45, 7) is 5.33. The highest BCUT2D eigenvalue weighted by atomic mass is 16.5. The van der Waals surface area contributed by atoms with Crippen molar-refractivity contribution < 1.29 is 9.53 Å². The predicted octanol–water partition coefficient (Wildman–Crippen LogP) is 2.44. The van der Waals surface area contributed by atoms with Gasteiger partial charge in [0.1, 0.15) is 0 Å². The fourth-order valence-corrected chi connectivity index (χ4v) is 2.36. The molecule has 0 radical (unpaired) electrons. The van der Waals surface area contributed by atoms with Gasteiger partial charge in [-0.15, -0.1) is 0 Å². The van der Waals surface area contributed by atoms with Crippen molar-refractivity contribution in [2.24, 2.45) is 5.92 Å². The molecule has 1 aromatic rings. The molecule has 0 aromatic heterocycles. The number of hydrogen-bond acceptors (Lipinski definition) is 5. The number of anilines is 2. The van der Waals surface area contributed by atoms with Gasteiger partial charge in [0.05, 0.1) is 12.7 Å². The van der Waals surface area contributed by atoms with Crippen LogP contribution in [0.4, 0.5) is 11.4 Å². The molecule has 0 spiro atoms. The van der Waals surface area contributed by atoms with Crippen molar-refractivity contribution >= 4 is 17.3 Å². The molecule has 5 heteroatoms. The van der Waals surface area contributed by atoms with Crippen LogP contribution in [0.1, 0.15) is 30.6 Å². The monoisotopic (exact) mass is 293 g/mol. The molecule has 0 aliphatic carbocycles. The van der Waals surface area contributed by atoms with E-state index in [-0.39, 0.29) is 0 Å². The first-order valence-electron chi connectivity index (χ1n) is 7.22. The third-order valence-electron chi connectivity index (χ3n) is 3.17. The van der Waals surface area contributed by atoms with Gasteiger partial charge in [-0.1, -0.05) is 13.8 Å². The first kappa shape index (κ1) is 17.3. The molecule has 0 bridgehead atoms. The summed E-state index contributed by atoms with van der Waals surface area (Å²) in [5.41, 5.74) is 7.54. The van der Waals surface area contributed by atoms with Gasteiger partial charge in [0.15, 0.2) is 0 Å². The van der Waals surface area contributed by atoms with Crippen LogP contribution >= 0.6 is 0 Å². The number of methoxy groups -OCH3 is 1. The lowest BCUT2D eigenvalue weighted by Gasteiger charge is -2.25. The van der Waals surface area contributed by atoms with Gasteiger partial charge >= 0.3 is 5.97 Å². The fourth-order valence-electron chi connectivity index (χ4n) is 2.36. The van der Waals surface area contributed by atoms with Crippen LogP contribution in [0.25, 0.3) is 0 Å². The predicted molar refractivity (Wildman–Crippen MR) is 87.6 cm³/mol. The molecule has 0 saturated heterocycles. The Kier molecular flexibility index (Phi) is 6.49. The lowest BCUT2D eigenvalue weighted by molar-refractivity contribution is 0.0602. The van der Waals surface area contributed by atoms with Crippen LogP contribution in [0.2, 0.25) is 0 Å². The molecule has 1 aromatic carbocycles. The Labute approximate surface area is 127 Å². The number of nitrogens with one attached hydrogen (secondary N) is 1. The van der Waals surface area contributed by atoms with E-state index < -0.39 is 5.97 Å². The van der Waals surface area contributed by atoms with Crippen LogP contribution in [0.3, 0.4) is 0 Å². The minimum Gasteiger partial charge on any atom is -0.465 e. The molecule has 1 atom stereocenters. The van der Waals surface area contributed by atoms with E-state index in [0.29, 0.717) is 23.2 Å². The van der Waals surface area contributed by atoms with Gasteiger partial charge in [-0.25, -0.2) is 4.79 Å². The second-order valence-corrected chi connectivity index (χ2v) is 6.03. The number of nitrogens with two attached hydrogens (primary N) is 1. The van der Waals surface area contributed by atoms with Gasteiger partial charge in [0, 0.05) is 24.0 Å². The van der Waals surface area contributed by atoms with Crippen molar-refractivity contribution in [2.45, 2.75) is 26.3 Å². The van der Waals surface area contributed by atoms with Crippen LogP contribution in [-0.2, 0) is 4.74 Å². The first-order chi connectivity index (χ1) is 9.83. The summed E-state index contributed by atoms with van der Waals surface area (Å²) in [5.74, 6) is 0.181. The molecule has 0 heterocycles. The Bertz CT molecular complexity index is 463. The van der Waals surface area contributed by atoms with Crippen molar-refractivity contribution in [3.8, 4) is 0 Å². The van der Waals surface area contributed by atoms with Gasteiger partial charge in [0.2, 0.25) is 0 Å². The largest absolute Gasteiger partial charge is 0.465 e. The minimum atomic E-state index is -0.413. The van der Waals surface area contributed by atoms with Gasteiger partial charge < -0.3 is 20.7 Å². The fraction of sp³-hybridized carbons (Fsp3) is 0.562. The molecular formula is C16H27N3O2. The Balaban J connectivity index is 2.90. The van der Waals surface area contributed by atoms with E-state index in [1.807, 2.05) is 6.07 Å². The number of rotatable bonds is 7. The molecule has 21 heavy (non-hydrogen) atoms. The van der Waals surface area contributed by atoms with E-state index in [4.69, 9.17) is 10.5 Å². The second-order valence-electron chi connectivity index (χ2n) is 6.03. The van der Waals surface area contributed by atoms with Crippen molar-refractivity contribution in [2.75, 3.05) is 38.8 Å².